The minimum atomic E-state index is 0.268. The van der Waals surface area contributed by atoms with Gasteiger partial charge in [-0.15, -0.1) is 0 Å². The van der Waals surface area contributed by atoms with Gasteiger partial charge in [0.15, 0.2) is 5.82 Å². The van der Waals surface area contributed by atoms with Crippen molar-refractivity contribution in [3.05, 3.63) is 11.7 Å². The first-order valence-corrected chi connectivity index (χ1v) is 6.01. The zero-order valence-electron chi connectivity index (χ0n) is 10.1. The van der Waals surface area contributed by atoms with Gasteiger partial charge in [-0.05, 0) is 19.4 Å². The highest BCUT2D eigenvalue weighted by Gasteiger charge is 2.14. The van der Waals surface area contributed by atoms with Gasteiger partial charge < -0.3 is 19.3 Å². The van der Waals surface area contributed by atoms with Crippen molar-refractivity contribution in [1.82, 2.24) is 15.5 Å². The molecular formula is C11H19N3O3. The van der Waals surface area contributed by atoms with Crippen LogP contribution in [0.4, 0.5) is 0 Å². The Morgan fingerprint density at radius 1 is 1.53 bits per heavy atom. The summed E-state index contributed by atoms with van der Waals surface area (Å²) in [7, 11) is 1.65. The number of ether oxygens (including phenoxy) is 2. The van der Waals surface area contributed by atoms with E-state index in [0.29, 0.717) is 31.3 Å². The van der Waals surface area contributed by atoms with Crippen LogP contribution in [0, 0.1) is 0 Å². The number of aromatic nitrogens is 2. The summed E-state index contributed by atoms with van der Waals surface area (Å²) in [4.78, 5) is 4.23. The van der Waals surface area contributed by atoms with Gasteiger partial charge in [0.05, 0.1) is 19.1 Å². The molecule has 2 rings (SSSR count). The van der Waals surface area contributed by atoms with Crippen molar-refractivity contribution < 1.29 is 14.0 Å². The van der Waals surface area contributed by atoms with Crippen LogP contribution in [0.3, 0.4) is 0 Å². The van der Waals surface area contributed by atoms with Crippen molar-refractivity contribution in [3.63, 3.8) is 0 Å². The molecule has 0 amide bonds. The molecule has 0 radical (unpaired) electrons. The zero-order valence-corrected chi connectivity index (χ0v) is 10.1. The van der Waals surface area contributed by atoms with Crippen LogP contribution in [-0.4, -0.2) is 43.1 Å². The molecule has 0 bridgehead atoms. The van der Waals surface area contributed by atoms with Crippen LogP contribution >= 0.6 is 0 Å². The average molecular weight is 241 g/mol. The number of piperidine rings is 1. The van der Waals surface area contributed by atoms with Crippen LogP contribution in [0.25, 0.3) is 0 Å². The summed E-state index contributed by atoms with van der Waals surface area (Å²) >= 11 is 0. The van der Waals surface area contributed by atoms with Crippen molar-refractivity contribution in [2.75, 3.05) is 26.8 Å². The van der Waals surface area contributed by atoms with E-state index in [2.05, 4.69) is 15.5 Å². The lowest BCUT2D eigenvalue weighted by Gasteiger charge is -2.22. The fourth-order valence-electron chi connectivity index (χ4n) is 1.79. The third-order valence-corrected chi connectivity index (χ3v) is 2.73. The SMILES string of the molecule is COCCc1nc(COC2CCCNC2)no1. The minimum absolute atomic E-state index is 0.268. The molecule has 1 aromatic rings. The van der Waals surface area contributed by atoms with E-state index in [1.165, 1.54) is 0 Å². The lowest BCUT2D eigenvalue weighted by atomic mass is 10.1. The normalized spacial score (nSPS) is 20.6. The molecule has 0 saturated carbocycles. The third-order valence-electron chi connectivity index (χ3n) is 2.73. The Morgan fingerprint density at radius 3 is 3.24 bits per heavy atom. The number of hydrogen-bond donors (Lipinski definition) is 1. The highest BCUT2D eigenvalue weighted by atomic mass is 16.5. The molecule has 1 fully saturated rings. The van der Waals surface area contributed by atoms with E-state index in [4.69, 9.17) is 14.0 Å². The summed E-state index contributed by atoms with van der Waals surface area (Å²) < 4.78 is 15.7. The Hall–Kier alpha value is -0.980. The van der Waals surface area contributed by atoms with E-state index in [1.807, 2.05) is 0 Å². The van der Waals surface area contributed by atoms with Crippen LogP contribution in [0.5, 0.6) is 0 Å². The quantitative estimate of drug-likeness (QED) is 0.783. The second-order valence-corrected chi connectivity index (χ2v) is 4.13. The molecule has 1 saturated heterocycles. The molecule has 96 valence electrons. The van der Waals surface area contributed by atoms with Crippen LogP contribution in [0.2, 0.25) is 0 Å². The Bertz CT molecular complexity index is 324. The van der Waals surface area contributed by atoms with Gasteiger partial charge in [0.25, 0.3) is 0 Å². The van der Waals surface area contributed by atoms with Crippen molar-refractivity contribution in [2.45, 2.75) is 32.0 Å². The molecule has 1 aliphatic rings. The maximum atomic E-state index is 5.71. The predicted octanol–water partition coefficient (Wildman–Crippen LogP) is 0.527. The maximum Gasteiger partial charge on any atom is 0.229 e. The molecule has 17 heavy (non-hydrogen) atoms. The van der Waals surface area contributed by atoms with Gasteiger partial charge in [-0.3, -0.25) is 0 Å². The summed E-state index contributed by atoms with van der Waals surface area (Å²) in [6.07, 6.45) is 3.18. The molecule has 1 unspecified atom stereocenters. The van der Waals surface area contributed by atoms with Crippen molar-refractivity contribution in [1.29, 1.82) is 0 Å². The molecule has 0 spiro atoms. The summed E-state index contributed by atoms with van der Waals surface area (Å²) in [6, 6.07) is 0. The van der Waals surface area contributed by atoms with Gasteiger partial charge in [0, 0.05) is 13.7 Å². The van der Waals surface area contributed by atoms with E-state index in [0.717, 1.165) is 25.9 Å². The monoisotopic (exact) mass is 241 g/mol. The summed E-state index contributed by atoms with van der Waals surface area (Å²) in [5, 5.41) is 7.16. The highest BCUT2D eigenvalue weighted by Crippen LogP contribution is 2.08. The fourth-order valence-corrected chi connectivity index (χ4v) is 1.79. The molecular weight excluding hydrogens is 222 g/mol. The van der Waals surface area contributed by atoms with Crippen molar-refractivity contribution >= 4 is 0 Å². The van der Waals surface area contributed by atoms with Crippen LogP contribution in [0.15, 0.2) is 4.52 Å². The molecule has 1 aromatic heterocycles. The van der Waals surface area contributed by atoms with E-state index >= 15 is 0 Å². The number of hydrogen-bond acceptors (Lipinski definition) is 6. The van der Waals surface area contributed by atoms with E-state index in [9.17, 15) is 0 Å². The maximum absolute atomic E-state index is 5.71. The largest absolute Gasteiger partial charge is 0.384 e. The molecule has 1 atom stereocenters. The lowest BCUT2D eigenvalue weighted by Crippen LogP contribution is -2.35. The molecule has 1 aliphatic heterocycles. The summed E-state index contributed by atoms with van der Waals surface area (Å²) in [6.45, 7) is 3.01. The van der Waals surface area contributed by atoms with Crippen molar-refractivity contribution in [3.8, 4) is 0 Å². The van der Waals surface area contributed by atoms with E-state index in [-0.39, 0.29) is 6.10 Å². The van der Waals surface area contributed by atoms with E-state index < -0.39 is 0 Å². The summed E-state index contributed by atoms with van der Waals surface area (Å²) in [5.74, 6) is 1.22. The third kappa shape index (κ3) is 4.07. The molecule has 6 heteroatoms. The molecule has 0 aliphatic carbocycles. The second kappa shape index (κ2) is 6.68. The predicted molar refractivity (Wildman–Crippen MR) is 60.6 cm³/mol. The Morgan fingerprint density at radius 2 is 2.47 bits per heavy atom. The smallest absolute Gasteiger partial charge is 0.229 e. The van der Waals surface area contributed by atoms with Crippen LogP contribution in [-0.2, 0) is 22.5 Å². The number of nitrogens with one attached hydrogen (secondary N) is 1. The first kappa shape index (κ1) is 12.5. The first-order chi connectivity index (χ1) is 8.38. The van der Waals surface area contributed by atoms with Crippen LogP contribution in [0.1, 0.15) is 24.6 Å². The van der Waals surface area contributed by atoms with Gasteiger partial charge in [-0.25, -0.2) is 0 Å². The minimum Gasteiger partial charge on any atom is -0.384 e. The first-order valence-electron chi connectivity index (χ1n) is 6.01. The highest BCUT2D eigenvalue weighted by molar-refractivity contribution is 4.85. The topological polar surface area (TPSA) is 69.4 Å². The average Bonchev–Trinajstić information content (AvgIpc) is 2.83. The molecule has 0 aromatic carbocycles. The Balaban J connectivity index is 1.72. The summed E-state index contributed by atoms with van der Waals surface area (Å²) in [5.41, 5.74) is 0. The number of methoxy groups -OCH3 is 1. The Labute approximate surface area is 101 Å². The second-order valence-electron chi connectivity index (χ2n) is 4.13. The standard InChI is InChI=1S/C11H19N3O3/c1-15-6-4-11-13-10(14-17-11)8-16-9-3-2-5-12-7-9/h9,12H,2-8H2,1H3. The Kier molecular flexibility index (Phi) is 4.90. The van der Waals surface area contributed by atoms with Crippen LogP contribution < -0.4 is 5.32 Å². The van der Waals surface area contributed by atoms with Gasteiger partial charge in [-0.2, -0.15) is 4.98 Å². The van der Waals surface area contributed by atoms with E-state index in [1.54, 1.807) is 7.11 Å². The van der Waals surface area contributed by atoms with Gasteiger partial charge in [0.1, 0.15) is 6.61 Å². The van der Waals surface area contributed by atoms with Gasteiger partial charge in [0.2, 0.25) is 5.89 Å². The fraction of sp³-hybridized carbons (Fsp3) is 0.818. The van der Waals surface area contributed by atoms with Crippen molar-refractivity contribution in [2.24, 2.45) is 0 Å². The molecule has 2 heterocycles. The van der Waals surface area contributed by atoms with Gasteiger partial charge in [-0.1, -0.05) is 5.16 Å². The number of rotatable bonds is 6. The number of nitrogens with zero attached hydrogens (tertiary/aromatic N) is 2. The lowest BCUT2D eigenvalue weighted by molar-refractivity contribution is 0.0210. The van der Waals surface area contributed by atoms with Gasteiger partial charge >= 0.3 is 0 Å². The molecule has 6 nitrogen and oxygen atoms in total. The molecule has 1 N–H and O–H groups in total. The zero-order chi connectivity index (χ0) is 11.9.